The highest BCUT2D eigenvalue weighted by molar-refractivity contribution is 5.43. The largest absolute Gasteiger partial charge is 0.339 e. The number of hydrogen-bond donors (Lipinski definition) is 1. The average molecular weight is 255 g/mol. The van der Waals surface area contributed by atoms with E-state index in [1.807, 2.05) is 0 Å². The molecule has 0 spiro atoms. The molecule has 1 saturated heterocycles. The molecule has 2 aromatic rings. The van der Waals surface area contributed by atoms with Gasteiger partial charge in [-0.05, 0) is 36.9 Å². The van der Waals surface area contributed by atoms with E-state index >= 15 is 0 Å². The topological polar surface area (TPSA) is 51.0 Å². The minimum atomic E-state index is 0.279. The summed E-state index contributed by atoms with van der Waals surface area (Å²) in [6.07, 6.45) is 4.63. The molecule has 4 heteroatoms. The van der Waals surface area contributed by atoms with Crippen molar-refractivity contribution >= 4 is 0 Å². The molecule has 0 radical (unpaired) electrons. The second-order valence-corrected chi connectivity index (χ2v) is 5.45. The molecule has 0 saturated carbocycles. The molecular formula is C15H17N3O. The van der Waals surface area contributed by atoms with Crippen LogP contribution in [0.25, 0.3) is 0 Å². The van der Waals surface area contributed by atoms with Gasteiger partial charge in [0.2, 0.25) is 5.89 Å². The standard InChI is InChI=1S/C15H17N3O/c1-2-6-11-10(5-1)9-12(11)15-17-14(18-19-15)13-7-3-4-8-16-13/h1-2,5-6,12-13,16H,3-4,7-9H2. The lowest BCUT2D eigenvalue weighted by Crippen LogP contribution is -2.27. The van der Waals surface area contributed by atoms with Crippen LogP contribution in [0.3, 0.4) is 0 Å². The van der Waals surface area contributed by atoms with Crippen molar-refractivity contribution in [2.24, 2.45) is 0 Å². The lowest BCUT2D eigenvalue weighted by molar-refractivity contribution is 0.336. The Balaban J connectivity index is 1.56. The van der Waals surface area contributed by atoms with Gasteiger partial charge in [-0.15, -0.1) is 0 Å². The predicted molar refractivity (Wildman–Crippen MR) is 70.9 cm³/mol. The van der Waals surface area contributed by atoms with Gasteiger partial charge in [-0.3, -0.25) is 0 Å². The summed E-state index contributed by atoms with van der Waals surface area (Å²) in [7, 11) is 0. The van der Waals surface area contributed by atoms with Crippen LogP contribution in [-0.4, -0.2) is 16.7 Å². The van der Waals surface area contributed by atoms with Crippen LogP contribution in [0.4, 0.5) is 0 Å². The molecule has 1 N–H and O–H groups in total. The van der Waals surface area contributed by atoms with Crippen molar-refractivity contribution in [1.29, 1.82) is 0 Å². The van der Waals surface area contributed by atoms with Gasteiger partial charge in [0.25, 0.3) is 0 Å². The minimum absolute atomic E-state index is 0.279. The van der Waals surface area contributed by atoms with Gasteiger partial charge in [-0.1, -0.05) is 35.8 Å². The molecular weight excluding hydrogens is 238 g/mol. The van der Waals surface area contributed by atoms with Gasteiger partial charge < -0.3 is 9.84 Å². The number of fused-ring (bicyclic) bond motifs is 1. The molecule has 2 heterocycles. The van der Waals surface area contributed by atoms with Gasteiger partial charge in [-0.25, -0.2) is 0 Å². The monoisotopic (exact) mass is 255 g/mol. The molecule has 1 aliphatic heterocycles. The van der Waals surface area contributed by atoms with Crippen LogP contribution in [-0.2, 0) is 6.42 Å². The van der Waals surface area contributed by atoms with E-state index in [4.69, 9.17) is 4.52 Å². The minimum Gasteiger partial charge on any atom is -0.339 e. The van der Waals surface area contributed by atoms with E-state index in [9.17, 15) is 0 Å². The molecule has 1 aromatic carbocycles. The number of hydrogen-bond acceptors (Lipinski definition) is 4. The average Bonchev–Trinajstić information content (AvgIpc) is 2.91. The van der Waals surface area contributed by atoms with Crippen LogP contribution in [0.5, 0.6) is 0 Å². The molecule has 2 aliphatic rings. The molecule has 0 amide bonds. The van der Waals surface area contributed by atoms with E-state index in [0.717, 1.165) is 31.1 Å². The number of benzene rings is 1. The Morgan fingerprint density at radius 1 is 1.21 bits per heavy atom. The summed E-state index contributed by atoms with van der Waals surface area (Å²) in [5.74, 6) is 1.92. The Morgan fingerprint density at radius 3 is 3.00 bits per heavy atom. The van der Waals surface area contributed by atoms with E-state index < -0.39 is 0 Å². The summed E-state index contributed by atoms with van der Waals surface area (Å²) in [6, 6.07) is 8.77. The third kappa shape index (κ3) is 1.87. The van der Waals surface area contributed by atoms with E-state index in [1.165, 1.54) is 24.0 Å². The number of nitrogens with one attached hydrogen (secondary N) is 1. The number of nitrogens with zero attached hydrogens (tertiary/aromatic N) is 2. The number of aromatic nitrogens is 2. The fourth-order valence-electron chi connectivity index (χ4n) is 3.08. The summed E-state index contributed by atoms with van der Waals surface area (Å²) in [5.41, 5.74) is 2.75. The molecule has 19 heavy (non-hydrogen) atoms. The Morgan fingerprint density at radius 2 is 2.16 bits per heavy atom. The van der Waals surface area contributed by atoms with Gasteiger partial charge >= 0.3 is 0 Å². The first kappa shape index (κ1) is 11.2. The van der Waals surface area contributed by atoms with Crippen molar-refractivity contribution in [3.8, 4) is 0 Å². The summed E-state index contributed by atoms with van der Waals surface area (Å²) in [5, 5.41) is 7.62. The fourth-order valence-corrected chi connectivity index (χ4v) is 3.08. The molecule has 1 fully saturated rings. The summed E-state index contributed by atoms with van der Waals surface area (Å²) >= 11 is 0. The third-order valence-corrected chi connectivity index (χ3v) is 4.23. The normalized spacial score (nSPS) is 25.7. The predicted octanol–water partition coefficient (Wildman–Crippen LogP) is 2.57. The van der Waals surface area contributed by atoms with Crippen molar-refractivity contribution in [1.82, 2.24) is 15.5 Å². The lowest BCUT2D eigenvalue weighted by Gasteiger charge is -2.26. The molecule has 1 aromatic heterocycles. The van der Waals surface area contributed by atoms with Crippen molar-refractivity contribution < 1.29 is 4.52 Å². The smallest absolute Gasteiger partial charge is 0.234 e. The molecule has 4 rings (SSSR count). The van der Waals surface area contributed by atoms with Gasteiger partial charge in [0.15, 0.2) is 5.82 Å². The van der Waals surface area contributed by atoms with Gasteiger partial charge in [-0.2, -0.15) is 4.98 Å². The first-order chi connectivity index (χ1) is 9.42. The van der Waals surface area contributed by atoms with Crippen molar-refractivity contribution in [2.45, 2.75) is 37.6 Å². The Bertz CT molecular complexity index is 587. The summed E-state index contributed by atoms with van der Waals surface area (Å²) in [6.45, 7) is 1.06. The summed E-state index contributed by atoms with van der Waals surface area (Å²) < 4.78 is 5.48. The maximum absolute atomic E-state index is 5.48. The third-order valence-electron chi connectivity index (χ3n) is 4.23. The fraction of sp³-hybridized carbons (Fsp3) is 0.467. The van der Waals surface area contributed by atoms with Crippen LogP contribution < -0.4 is 5.32 Å². The lowest BCUT2D eigenvalue weighted by atomic mass is 9.77. The van der Waals surface area contributed by atoms with E-state index in [0.29, 0.717) is 5.92 Å². The first-order valence-corrected chi connectivity index (χ1v) is 7.06. The maximum atomic E-state index is 5.48. The van der Waals surface area contributed by atoms with Crippen molar-refractivity contribution in [2.75, 3.05) is 6.54 Å². The number of piperidine rings is 1. The SMILES string of the molecule is c1ccc2c(c1)CC2c1nc(C2CCCCN2)no1. The molecule has 1 aliphatic carbocycles. The zero-order valence-electron chi connectivity index (χ0n) is 10.8. The maximum Gasteiger partial charge on any atom is 0.234 e. The Kier molecular flexibility index (Phi) is 2.62. The van der Waals surface area contributed by atoms with E-state index in [2.05, 4.69) is 39.7 Å². The highest BCUT2D eigenvalue weighted by Gasteiger charge is 2.32. The molecule has 0 bridgehead atoms. The van der Waals surface area contributed by atoms with Crippen LogP contribution >= 0.6 is 0 Å². The second kappa shape index (κ2) is 4.46. The van der Waals surface area contributed by atoms with Gasteiger partial charge in [0.05, 0.1) is 12.0 Å². The molecule has 2 unspecified atom stereocenters. The quantitative estimate of drug-likeness (QED) is 0.896. The molecule has 2 atom stereocenters. The highest BCUT2D eigenvalue weighted by atomic mass is 16.5. The molecule has 4 nitrogen and oxygen atoms in total. The van der Waals surface area contributed by atoms with Crippen LogP contribution in [0.15, 0.2) is 28.8 Å². The van der Waals surface area contributed by atoms with Gasteiger partial charge in [0, 0.05) is 0 Å². The Labute approximate surface area is 112 Å². The van der Waals surface area contributed by atoms with Crippen LogP contribution in [0, 0.1) is 0 Å². The van der Waals surface area contributed by atoms with E-state index in [-0.39, 0.29) is 6.04 Å². The Hall–Kier alpha value is -1.68. The zero-order chi connectivity index (χ0) is 12.7. The first-order valence-electron chi connectivity index (χ1n) is 7.06. The van der Waals surface area contributed by atoms with Crippen molar-refractivity contribution in [3.05, 3.63) is 47.1 Å². The van der Waals surface area contributed by atoms with Gasteiger partial charge in [0.1, 0.15) is 0 Å². The highest BCUT2D eigenvalue weighted by Crippen LogP contribution is 2.39. The zero-order valence-corrected chi connectivity index (χ0v) is 10.8. The number of rotatable bonds is 2. The molecule has 98 valence electrons. The second-order valence-electron chi connectivity index (χ2n) is 5.45. The van der Waals surface area contributed by atoms with Crippen LogP contribution in [0.2, 0.25) is 0 Å². The van der Waals surface area contributed by atoms with Crippen LogP contribution in [0.1, 0.15) is 54.1 Å². The van der Waals surface area contributed by atoms with Crippen molar-refractivity contribution in [3.63, 3.8) is 0 Å². The van der Waals surface area contributed by atoms with E-state index in [1.54, 1.807) is 0 Å². The summed E-state index contributed by atoms with van der Waals surface area (Å²) in [4.78, 5) is 4.61.